The summed E-state index contributed by atoms with van der Waals surface area (Å²) in [5.41, 5.74) is 4.46. The lowest BCUT2D eigenvalue weighted by Crippen LogP contribution is -2.16. The normalized spacial score (nSPS) is 12.6. The Labute approximate surface area is 55.1 Å². The third-order valence-electron chi connectivity index (χ3n) is 0.636. The molecule has 1 rings (SSSR count). The number of amides is 1. The molecule has 54 valence electrons. The number of hydrogen-bond donors (Lipinski definition) is 1. The van der Waals surface area contributed by atoms with Crippen molar-refractivity contribution in [1.29, 1.82) is 0 Å². The summed E-state index contributed by atoms with van der Waals surface area (Å²) in [7, 11) is 0. The molecule has 1 amide bonds. The van der Waals surface area contributed by atoms with Crippen molar-refractivity contribution in [3.63, 3.8) is 0 Å². The van der Waals surface area contributed by atoms with Gasteiger partial charge in [-0.2, -0.15) is 0 Å². The number of hydrogen-bond acceptors (Lipinski definition) is 5. The van der Waals surface area contributed by atoms with Gasteiger partial charge in [0.25, 0.3) is 5.76 Å². The molecule has 0 aromatic heterocycles. The van der Waals surface area contributed by atoms with Crippen molar-refractivity contribution < 1.29 is 24.1 Å². The van der Waals surface area contributed by atoms with Gasteiger partial charge in [-0.25, -0.2) is 19.4 Å². The highest BCUT2D eigenvalue weighted by molar-refractivity contribution is 5.88. The maximum atomic E-state index is 10.4. The van der Waals surface area contributed by atoms with Crippen LogP contribution in [0.3, 0.4) is 0 Å². The fourth-order valence-corrected chi connectivity index (χ4v) is 0.246. The second-order valence-corrected chi connectivity index (χ2v) is 1.37. The lowest BCUT2D eigenvalue weighted by Gasteiger charge is -1.93. The Morgan fingerprint density at radius 3 is 2.50 bits per heavy atom. The van der Waals surface area contributed by atoms with Crippen LogP contribution >= 0.6 is 0 Å². The molecule has 0 aliphatic carbocycles. The average Bonchev–Trinajstić information content (AvgIpc) is 2.63. The van der Waals surface area contributed by atoms with Gasteiger partial charge in [-0.15, -0.1) is 0 Å². The lowest BCUT2D eigenvalue weighted by molar-refractivity contribution is -0.227. The fraction of sp³-hybridized carbons (Fsp3) is 0. The molecule has 0 fully saturated rings. The maximum Gasteiger partial charge on any atom is 0.447 e. The summed E-state index contributed by atoms with van der Waals surface area (Å²) in [4.78, 5) is 27.7. The molecule has 6 heteroatoms. The van der Waals surface area contributed by atoms with Crippen molar-refractivity contribution in [2.45, 2.75) is 0 Å². The van der Waals surface area contributed by atoms with Crippen LogP contribution in [0, 0.1) is 0 Å². The third kappa shape index (κ3) is 1.66. The van der Waals surface area contributed by atoms with Crippen LogP contribution in [-0.2, 0) is 19.3 Å². The van der Waals surface area contributed by atoms with Crippen LogP contribution < -0.4 is 5.73 Å². The zero-order valence-electron chi connectivity index (χ0n) is 4.70. The van der Waals surface area contributed by atoms with E-state index in [2.05, 4.69) is 20.2 Å². The summed E-state index contributed by atoms with van der Waals surface area (Å²) in [6, 6.07) is 0. The second-order valence-electron chi connectivity index (χ2n) is 1.37. The smallest absolute Gasteiger partial charge is 0.447 e. The predicted molar refractivity (Wildman–Crippen MR) is 25.9 cm³/mol. The molecule has 10 heavy (non-hydrogen) atoms. The molecule has 2 N–H and O–H groups in total. The molecule has 0 atom stereocenters. The molecule has 1 aliphatic heterocycles. The van der Waals surface area contributed by atoms with E-state index >= 15 is 0 Å². The van der Waals surface area contributed by atoms with Crippen LogP contribution in [0.2, 0.25) is 0 Å². The predicted octanol–water partition coefficient (Wildman–Crippen LogP) is -0.589. The van der Waals surface area contributed by atoms with E-state index in [0.717, 1.165) is 6.26 Å². The van der Waals surface area contributed by atoms with E-state index in [1.807, 2.05) is 0 Å². The SMILES string of the molecule is NC(=O)OOC(=O)C1=CO1. The van der Waals surface area contributed by atoms with Gasteiger partial charge < -0.3 is 10.5 Å². The zero-order chi connectivity index (χ0) is 7.56. The van der Waals surface area contributed by atoms with E-state index in [9.17, 15) is 9.59 Å². The van der Waals surface area contributed by atoms with E-state index in [0.29, 0.717) is 0 Å². The minimum Gasteiger partial charge on any atom is -0.450 e. The molecule has 0 unspecified atom stereocenters. The number of carbonyl (C=O) groups excluding carboxylic acids is 2. The van der Waals surface area contributed by atoms with Gasteiger partial charge in [0, 0.05) is 0 Å². The molecule has 6 nitrogen and oxygen atoms in total. The first kappa shape index (κ1) is 6.40. The molecular weight excluding hydrogens is 142 g/mol. The summed E-state index contributed by atoms with van der Waals surface area (Å²) in [6.45, 7) is 0. The van der Waals surface area contributed by atoms with Crippen molar-refractivity contribution >= 4 is 12.1 Å². The molecule has 0 saturated carbocycles. The first-order valence-corrected chi connectivity index (χ1v) is 2.25. The van der Waals surface area contributed by atoms with Crippen LogP contribution in [0.4, 0.5) is 4.79 Å². The Morgan fingerprint density at radius 1 is 1.50 bits per heavy atom. The Balaban J connectivity index is 2.18. The number of ether oxygens (including phenoxy) is 1. The Morgan fingerprint density at radius 2 is 2.10 bits per heavy atom. The van der Waals surface area contributed by atoms with E-state index in [-0.39, 0.29) is 5.76 Å². The van der Waals surface area contributed by atoms with Crippen molar-refractivity contribution in [3.8, 4) is 0 Å². The number of rotatable bonds is 1. The topological polar surface area (TPSA) is 91.2 Å². The van der Waals surface area contributed by atoms with Gasteiger partial charge in [0.1, 0.15) is 6.26 Å². The monoisotopic (exact) mass is 145 g/mol. The van der Waals surface area contributed by atoms with Crippen molar-refractivity contribution in [2.24, 2.45) is 5.73 Å². The van der Waals surface area contributed by atoms with Crippen LogP contribution in [0.15, 0.2) is 12.0 Å². The maximum absolute atomic E-state index is 10.4. The van der Waals surface area contributed by atoms with Gasteiger partial charge >= 0.3 is 12.1 Å². The summed E-state index contributed by atoms with van der Waals surface area (Å²) < 4.78 is 4.29. The highest BCUT2D eigenvalue weighted by Gasteiger charge is 2.24. The molecule has 0 saturated heterocycles. The summed E-state index contributed by atoms with van der Waals surface area (Å²) >= 11 is 0. The van der Waals surface area contributed by atoms with Gasteiger partial charge in [-0.3, -0.25) is 0 Å². The first-order valence-electron chi connectivity index (χ1n) is 2.25. The highest BCUT2D eigenvalue weighted by atomic mass is 17.2. The molecule has 1 aliphatic rings. The zero-order valence-corrected chi connectivity index (χ0v) is 4.70. The molecule has 0 bridgehead atoms. The quantitative estimate of drug-likeness (QED) is 0.393. The molecule has 0 aromatic carbocycles. The van der Waals surface area contributed by atoms with E-state index in [1.165, 1.54) is 0 Å². The van der Waals surface area contributed by atoms with Crippen LogP contribution in [-0.4, -0.2) is 12.1 Å². The fourth-order valence-electron chi connectivity index (χ4n) is 0.246. The minimum atomic E-state index is -1.19. The van der Waals surface area contributed by atoms with Crippen molar-refractivity contribution in [1.82, 2.24) is 0 Å². The summed E-state index contributed by atoms with van der Waals surface area (Å²) in [5.74, 6) is -0.875. The van der Waals surface area contributed by atoms with E-state index in [1.54, 1.807) is 0 Å². The van der Waals surface area contributed by atoms with Gasteiger partial charge in [0.2, 0.25) is 0 Å². The minimum absolute atomic E-state index is 0.00116. The first-order chi connectivity index (χ1) is 4.70. The van der Waals surface area contributed by atoms with E-state index in [4.69, 9.17) is 0 Å². The third-order valence-corrected chi connectivity index (χ3v) is 0.636. The number of carbonyl (C=O) groups is 2. The lowest BCUT2D eigenvalue weighted by atomic mass is 10.7. The van der Waals surface area contributed by atoms with Crippen molar-refractivity contribution in [2.75, 3.05) is 0 Å². The highest BCUT2D eigenvalue weighted by Crippen LogP contribution is 2.14. The molecular formula is C4H3NO5. The average molecular weight is 145 g/mol. The summed E-state index contributed by atoms with van der Waals surface area (Å²) in [5, 5.41) is 0. The Kier molecular flexibility index (Phi) is 1.44. The molecule has 0 spiro atoms. The van der Waals surface area contributed by atoms with Gasteiger partial charge in [0.15, 0.2) is 0 Å². The Bertz CT molecular complexity index is 208. The Hall–Kier alpha value is -1.72. The molecule has 1 heterocycles. The number of nitrogens with two attached hydrogens (primary N) is 1. The van der Waals surface area contributed by atoms with Crippen LogP contribution in [0.25, 0.3) is 0 Å². The van der Waals surface area contributed by atoms with Gasteiger partial charge in [-0.1, -0.05) is 0 Å². The molecule has 0 aromatic rings. The van der Waals surface area contributed by atoms with E-state index < -0.39 is 12.1 Å². The number of primary amides is 1. The van der Waals surface area contributed by atoms with Crippen LogP contribution in [0.5, 0.6) is 0 Å². The summed E-state index contributed by atoms with van der Waals surface area (Å²) in [6.07, 6.45) is -0.0400. The molecule has 0 radical (unpaired) electrons. The van der Waals surface area contributed by atoms with Crippen molar-refractivity contribution in [3.05, 3.63) is 12.0 Å². The van der Waals surface area contributed by atoms with Gasteiger partial charge in [-0.05, 0) is 0 Å². The standard InChI is InChI=1S/C4H3NO5/c5-4(7)10-9-3(6)2-1-8-2/h1H,(H2,5,7). The largest absolute Gasteiger partial charge is 0.450 e. The second kappa shape index (κ2) is 2.26. The van der Waals surface area contributed by atoms with Gasteiger partial charge in [0.05, 0.1) is 0 Å². The van der Waals surface area contributed by atoms with Crippen LogP contribution in [0.1, 0.15) is 0 Å².